The van der Waals surface area contributed by atoms with E-state index < -0.39 is 18.8 Å². The number of halogens is 3. The number of hydrogen-bond acceptors (Lipinski definition) is 2. The lowest BCUT2D eigenvalue weighted by atomic mass is 10.5. The topological polar surface area (TPSA) is 49.8 Å². The highest BCUT2D eigenvalue weighted by Crippen LogP contribution is 2.16. The maximum atomic E-state index is 11.7. The molecule has 0 aromatic carbocycles. The predicted octanol–water partition coefficient (Wildman–Crippen LogP) is 1.18. The van der Waals surface area contributed by atoms with Gasteiger partial charge in [0.25, 0.3) is 0 Å². The molecule has 0 aliphatic carbocycles. The zero-order valence-corrected chi connectivity index (χ0v) is 6.97. The average molecular weight is 201 g/mol. The van der Waals surface area contributed by atoms with Crippen LogP contribution in [-0.4, -0.2) is 49.1 Å². The van der Waals surface area contributed by atoms with Gasteiger partial charge in [0.15, 0.2) is 0 Å². The molecule has 78 valence electrons. The summed E-state index contributed by atoms with van der Waals surface area (Å²) in [5.41, 5.74) is 0. The smallest absolute Gasteiger partial charge is 0.407 e. The van der Waals surface area contributed by atoms with Crippen LogP contribution >= 0.6 is 0 Å². The Labute approximate surface area is 72.9 Å². The van der Waals surface area contributed by atoms with Crippen molar-refractivity contribution in [2.45, 2.75) is 6.18 Å². The van der Waals surface area contributed by atoms with E-state index in [2.05, 4.69) is 4.74 Å². The molecule has 0 aliphatic heterocycles. The molecule has 0 aromatic heterocycles. The molecule has 0 heterocycles. The number of methoxy groups -OCH3 is 1. The van der Waals surface area contributed by atoms with Gasteiger partial charge in [0, 0.05) is 13.7 Å². The summed E-state index contributed by atoms with van der Waals surface area (Å²) >= 11 is 0. The molecule has 0 bridgehead atoms. The van der Waals surface area contributed by atoms with E-state index in [0.717, 1.165) is 0 Å². The van der Waals surface area contributed by atoms with Crippen molar-refractivity contribution in [2.75, 3.05) is 26.8 Å². The van der Waals surface area contributed by atoms with E-state index >= 15 is 0 Å². The molecular formula is C6H10F3NO3. The summed E-state index contributed by atoms with van der Waals surface area (Å²) in [6.45, 7) is -1.81. The third-order valence-corrected chi connectivity index (χ3v) is 1.21. The van der Waals surface area contributed by atoms with Gasteiger partial charge in [-0.2, -0.15) is 13.2 Å². The van der Waals surface area contributed by atoms with Gasteiger partial charge in [0.1, 0.15) is 6.54 Å². The van der Waals surface area contributed by atoms with Crippen molar-refractivity contribution in [3.05, 3.63) is 0 Å². The van der Waals surface area contributed by atoms with Crippen LogP contribution in [-0.2, 0) is 4.74 Å². The zero-order chi connectivity index (χ0) is 10.5. The zero-order valence-electron chi connectivity index (χ0n) is 6.97. The Balaban J connectivity index is 4.03. The van der Waals surface area contributed by atoms with Gasteiger partial charge in [-0.05, 0) is 0 Å². The molecule has 0 fully saturated rings. The molecule has 0 aliphatic rings. The summed E-state index contributed by atoms with van der Waals surface area (Å²) < 4.78 is 39.7. The largest absolute Gasteiger partial charge is 0.465 e. The first-order chi connectivity index (χ1) is 5.87. The highest BCUT2D eigenvalue weighted by molar-refractivity contribution is 5.64. The SMILES string of the molecule is COCCN(CC(F)(F)F)C(=O)O. The number of hydrogen-bond donors (Lipinski definition) is 1. The van der Waals surface area contributed by atoms with E-state index in [9.17, 15) is 18.0 Å². The summed E-state index contributed by atoms with van der Waals surface area (Å²) in [5, 5.41) is 8.33. The summed E-state index contributed by atoms with van der Waals surface area (Å²) in [5.74, 6) is 0. The van der Waals surface area contributed by atoms with Crippen LogP contribution in [0.1, 0.15) is 0 Å². The van der Waals surface area contributed by atoms with E-state index in [1.54, 1.807) is 0 Å². The molecule has 0 atom stereocenters. The van der Waals surface area contributed by atoms with Crippen molar-refractivity contribution in [3.8, 4) is 0 Å². The average Bonchev–Trinajstić information content (AvgIpc) is 1.95. The first kappa shape index (κ1) is 12.0. The van der Waals surface area contributed by atoms with Crippen molar-refractivity contribution >= 4 is 6.09 Å². The first-order valence-electron chi connectivity index (χ1n) is 3.40. The maximum absolute atomic E-state index is 11.7. The molecule has 0 radical (unpaired) electrons. The van der Waals surface area contributed by atoms with Gasteiger partial charge in [-0.25, -0.2) is 4.79 Å². The summed E-state index contributed by atoms with van der Waals surface area (Å²) in [7, 11) is 1.29. The Morgan fingerprint density at radius 1 is 1.54 bits per heavy atom. The minimum Gasteiger partial charge on any atom is -0.465 e. The van der Waals surface area contributed by atoms with E-state index in [1.165, 1.54) is 7.11 Å². The van der Waals surface area contributed by atoms with Crippen molar-refractivity contribution < 1.29 is 27.8 Å². The van der Waals surface area contributed by atoms with Crippen LogP contribution in [0, 0.1) is 0 Å². The Hall–Kier alpha value is -0.980. The highest BCUT2D eigenvalue weighted by atomic mass is 19.4. The molecular weight excluding hydrogens is 191 g/mol. The van der Waals surface area contributed by atoms with Gasteiger partial charge in [-0.3, -0.25) is 4.90 Å². The molecule has 7 heteroatoms. The van der Waals surface area contributed by atoms with E-state index in [1.807, 2.05) is 0 Å². The van der Waals surface area contributed by atoms with Gasteiger partial charge >= 0.3 is 12.3 Å². The number of carboxylic acid groups (broad SMARTS) is 1. The van der Waals surface area contributed by atoms with Gasteiger partial charge < -0.3 is 9.84 Å². The summed E-state index contributed by atoms with van der Waals surface area (Å²) in [6.07, 6.45) is -6.11. The van der Waals surface area contributed by atoms with Crippen LogP contribution in [0.4, 0.5) is 18.0 Å². The lowest BCUT2D eigenvalue weighted by Crippen LogP contribution is -2.39. The lowest BCUT2D eigenvalue weighted by molar-refractivity contribution is -0.142. The van der Waals surface area contributed by atoms with E-state index in [0.29, 0.717) is 0 Å². The van der Waals surface area contributed by atoms with Crippen LogP contribution in [0.3, 0.4) is 0 Å². The molecule has 1 amide bonds. The van der Waals surface area contributed by atoms with Gasteiger partial charge in [-0.15, -0.1) is 0 Å². The molecule has 0 spiro atoms. The number of amides is 1. The van der Waals surface area contributed by atoms with E-state index in [-0.39, 0.29) is 18.1 Å². The van der Waals surface area contributed by atoms with Crippen LogP contribution < -0.4 is 0 Å². The Bertz CT molecular complexity index is 171. The quantitative estimate of drug-likeness (QED) is 0.742. The number of alkyl halides is 3. The van der Waals surface area contributed by atoms with Gasteiger partial charge in [0.2, 0.25) is 0 Å². The molecule has 13 heavy (non-hydrogen) atoms. The van der Waals surface area contributed by atoms with E-state index in [4.69, 9.17) is 5.11 Å². The Morgan fingerprint density at radius 3 is 2.38 bits per heavy atom. The minimum absolute atomic E-state index is 0.0532. The number of rotatable bonds is 4. The van der Waals surface area contributed by atoms with Crippen LogP contribution in [0.25, 0.3) is 0 Å². The Kier molecular flexibility index (Phi) is 4.53. The highest BCUT2D eigenvalue weighted by Gasteiger charge is 2.32. The standard InChI is InChI=1S/C6H10F3NO3/c1-13-3-2-10(5(11)12)4-6(7,8)9/h2-4H2,1H3,(H,11,12). The number of nitrogens with zero attached hydrogens (tertiary/aromatic N) is 1. The second kappa shape index (κ2) is 4.90. The third kappa shape index (κ3) is 6.21. The monoisotopic (exact) mass is 201 g/mol. The van der Waals surface area contributed by atoms with Gasteiger partial charge in [0.05, 0.1) is 6.61 Å². The lowest BCUT2D eigenvalue weighted by Gasteiger charge is -2.19. The second-order valence-corrected chi connectivity index (χ2v) is 2.31. The molecule has 0 saturated heterocycles. The fourth-order valence-corrected chi connectivity index (χ4v) is 0.660. The number of ether oxygens (including phenoxy) is 1. The van der Waals surface area contributed by atoms with Gasteiger partial charge in [-0.1, -0.05) is 0 Å². The fraction of sp³-hybridized carbons (Fsp3) is 0.833. The van der Waals surface area contributed by atoms with Crippen LogP contribution in [0.5, 0.6) is 0 Å². The maximum Gasteiger partial charge on any atom is 0.407 e. The molecule has 0 rings (SSSR count). The summed E-state index contributed by atoms with van der Waals surface area (Å²) in [6, 6.07) is 0. The normalized spacial score (nSPS) is 11.4. The first-order valence-corrected chi connectivity index (χ1v) is 3.40. The Morgan fingerprint density at radius 2 is 2.08 bits per heavy atom. The summed E-state index contributed by atoms with van der Waals surface area (Å²) in [4.78, 5) is 10.5. The van der Waals surface area contributed by atoms with Crippen molar-refractivity contribution in [3.63, 3.8) is 0 Å². The number of carbonyl (C=O) groups is 1. The fourth-order valence-electron chi connectivity index (χ4n) is 0.660. The second-order valence-electron chi connectivity index (χ2n) is 2.31. The molecule has 4 nitrogen and oxygen atoms in total. The van der Waals surface area contributed by atoms with Crippen molar-refractivity contribution in [2.24, 2.45) is 0 Å². The molecule has 0 saturated carbocycles. The van der Waals surface area contributed by atoms with Crippen LogP contribution in [0.2, 0.25) is 0 Å². The third-order valence-electron chi connectivity index (χ3n) is 1.21. The van der Waals surface area contributed by atoms with Crippen molar-refractivity contribution in [1.29, 1.82) is 0 Å². The molecule has 0 aromatic rings. The van der Waals surface area contributed by atoms with Crippen LogP contribution in [0.15, 0.2) is 0 Å². The molecule has 1 N–H and O–H groups in total. The predicted molar refractivity (Wildman–Crippen MR) is 37.5 cm³/mol. The molecule has 0 unspecified atom stereocenters. The minimum atomic E-state index is -4.51. The van der Waals surface area contributed by atoms with Crippen molar-refractivity contribution in [1.82, 2.24) is 4.90 Å².